The summed E-state index contributed by atoms with van der Waals surface area (Å²) in [7, 11) is 1.89. The summed E-state index contributed by atoms with van der Waals surface area (Å²) >= 11 is 0. The van der Waals surface area contributed by atoms with Gasteiger partial charge in [0.05, 0.1) is 31.4 Å². The molecular weight excluding hydrogens is 514 g/mol. The highest BCUT2D eigenvalue weighted by molar-refractivity contribution is 6.10. The Bertz CT molecular complexity index is 1700. The lowest BCUT2D eigenvalue weighted by Crippen LogP contribution is -2.43. The fraction of sp³-hybridized carbons (Fsp3) is 0.344. The molecule has 0 spiro atoms. The summed E-state index contributed by atoms with van der Waals surface area (Å²) in [6.45, 7) is 5.00. The van der Waals surface area contributed by atoms with Crippen LogP contribution in [-0.2, 0) is 24.9 Å². The standard InChI is InChI=1S/C32H31N7O2/c1-19(25-16-41-17-25)34-14-21-3-5-23-15-39(32(40)27(23)10-21)30-12-24(11-29(36-30)22-6-7-22)26-8-4-20(13-33)9-28(26)31-37-35-18-38(31)2/h3-5,8-12,18-19,22,25,34H,6-7,14-17H2,1-2H3. The van der Waals surface area contributed by atoms with Gasteiger partial charge in [0.15, 0.2) is 5.82 Å². The van der Waals surface area contributed by atoms with Crippen LogP contribution in [0.15, 0.2) is 54.9 Å². The first-order chi connectivity index (χ1) is 20.0. The van der Waals surface area contributed by atoms with E-state index in [2.05, 4.69) is 46.7 Å². The number of hydrogen-bond acceptors (Lipinski definition) is 7. The third-order valence-corrected chi connectivity index (χ3v) is 8.49. The summed E-state index contributed by atoms with van der Waals surface area (Å²) < 4.78 is 7.17. The Labute approximate surface area is 238 Å². The number of pyridine rings is 1. The molecule has 1 atom stereocenters. The molecule has 9 nitrogen and oxygen atoms in total. The van der Waals surface area contributed by atoms with Crippen molar-refractivity contribution in [2.45, 2.75) is 44.8 Å². The molecule has 2 aromatic heterocycles. The monoisotopic (exact) mass is 545 g/mol. The number of amides is 1. The van der Waals surface area contributed by atoms with Crippen LogP contribution in [0, 0.1) is 17.2 Å². The minimum atomic E-state index is -0.0259. The van der Waals surface area contributed by atoms with Crippen molar-refractivity contribution in [3.63, 3.8) is 0 Å². The number of carbonyl (C=O) groups excluding carboxylic acids is 1. The van der Waals surface area contributed by atoms with E-state index in [9.17, 15) is 10.1 Å². The van der Waals surface area contributed by atoms with Crippen molar-refractivity contribution in [2.75, 3.05) is 18.1 Å². The van der Waals surface area contributed by atoms with Crippen molar-refractivity contribution >= 4 is 11.7 Å². The Morgan fingerprint density at radius 2 is 1.95 bits per heavy atom. The second-order valence-electron chi connectivity index (χ2n) is 11.4. The highest BCUT2D eigenvalue weighted by Crippen LogP contribution is 2.43. The van der Waals surface area contributed by atoms with Gasteiger partial charge in [0, 0.05) is 48.3 Å². The third kappa shape index (κ3) is 4.79. The van der Waals surface area contributed by atoms with Crippen LogP contribution in [0.1, 0.15) is 58.4 Å². The van der Waals surface area contributed by atoms with Crippen LogP contribution in [0.5, 0.6) is 0 Å². The minimum Gasteiger partial charge on any atom is -0.381 e. The van der Waals surface area contributed by atoms with E-state index in [4.69, 9.17) is 9.72 Å². The summed E-state index contributed by atoms with van der Waals surface area (Å²) in [6, 6.07) is 18.5. The highest BCUT2D eigenvalue weighted by Gasteiger charge is 2.33. The predicted molar refractivity (Wildman–Crippen MR) is 154 cm³/mol. The molecule has 1 saturated heterocycles. The second-order valence-corrected chi connectivity index (χ2v) is 11.4. The Kier molecular flexibility index (Phi) is 6.37. The molecule has 7 rings (SSSR count). The molecule has 2 aliphatic heterocycles. The summed E-state index contributed by atoms with van der Waals surface area (Å²) in [5, 5.41) is 21.5. The van der Waals surface area contributed by atoms with E-state index in [0.29, 0.717) is 48.2 Å². The summed E-state index contributed by atoms with van der Waals surface area (Å²) in [5.74, 6) is 2.24. The number of fused-ring (bicyclic) bond motifs is 1. The van der Waals surface area contributed by atoms with Gasteiger partial charge in [-0.2, -0.15) is 5.26 Å². The molecule has 9 heteroatoms. The molecule has 1 amide bonds. The van der Waals surface area contributed by atoms with Crippen molar-refractivity contribution in [1.82, 2.24) is 25.1 Å². The maximum Gasteiger partial charge on any atom is 0.260 e. The smallest absolute Gasteiger partial charge is 0.260 e. The third-order valence-electron chi connectivity index (χ3n) is 8.49. The Morgan fingerprint density at radius 1 is 1.10 bits per heavy atom. The van der Waals surface area contributed by atoms with Gasteiger partial charge in [-0.1, -0.05) is 18.2 Å². The molecule has 1 unspecified atom stereocenters. The first kappa shape index (κ1) is 25.6. The normalized spacial score (nSPS) is 17.3. The Morgan fingerprint density at radius 3 is 2.66 bits per heavy atom. The van der Waals surface area contributed by atoms with Crippen LogP contribution in [0.2, 0.25) is 0 Å². The summed E-state index contributed by atoms with van der Waals surface area (Å²) in [6.07, 6.45) is 3.84. The Balaban J connectivity index is 1.22. The zero-order chi connectivity index (χ0) is 28.1. The van der Waals surface area contributed by atoms with Crippen LogP contribution >= 0.6 is 0 Å². The largest absolute Gasteiger partial charge is 0.381 e. The fourth-order valence-electron chi connectivity index (χ4n) is 5.63. The summed E-state index contributed by atoms with van der Waals surface area (Å²) in [5.41, 5.74) is 7.08. The topological polar surface area (TPSA) is 109 Å². The fourth-order valence-corrected chi connectivity index (χ4v) is 5.63. The highest BCUT2D eigenvalue weighted by atomic mass is 16.5. The molecule has 1 N–H and O–H groups in total. The van der Waals surface area contributed by atoms with Crippen molar-refractivity contribution in [3.8, 4) is 28.6 Å². The van der Waals surface area contributed by atoms with Crippen LogP contribution in [0.3, 0.4) is 0 Å². The average molecular weight is 546 g/mol. The quantitative estimate of drug-likeness (QED) is 0.345. The van der Waals surface area contributed by atoms with E-state index < -0.39 is 0 Å². The molecule has 1 saturated carbocycles. The minimum absolute atomic E-state index is 0.0259. The van der Waals surface area contributed by atoms with Gasteiger partial charge in [-0.15, -0.1) is 10.2 Å². The molecule has 2 fully saturated rings. The number of nitriles is 1. The van der Waals surface area contributed by atoms with E-state index in [0.717, 1.165) is 65.1 Å². The molecule has 1 aliphatic carbocycles. The number of anilines is 1. The van der Waals surface area contributed by atoms with E-state index in [1.807, 2.05) is 41.9 Å². The van der Waals surface area contributed by atoms with Crippen LogP contribution in [-0.4, -0.2) is 44.9 Å². The Hall–Kier alpha value is -4.39. The van der Waals surface area contributed by atoms with Gasteiger partial charge in [0.1, 0.15) is 12.1 Å². The number of carbonyl (C=O) groups is 1. The van der Waals surface area contributed by atoms with Crippen LogP contribution in [0.4, 0.5) is 5.82 Å². The van der Waals surface area contributed by atoms with Gasteiger partial charge in [-0.05, 0) is 72.4 Å². The lowest BCUT2D eigenvalue weighted by molar-refractivity contribution is -0.0468. The number of hydrogen-bond donors (Lipinski definition) is 1. The van der Waals surface area contributed by atoms with Crippen LogP contribution in [0.25, 0.3) is 22.5 Å². The number of aromatic nitrogens is 4. The number of nitrogens with zero attached hydrogens (tertiary/aromatic N) is 6. The molecule has 41 heavy (non-hydrogen) atoms. The van der Waals surface area contributed by atoms with Crippen molar-refractivity contribution in [2.24, 2.45) is 13.0 Å². The zero-order valence-corrected chi connectivity index (χ0v) is 23.2. The van der Waals surface area contributed by atoms with Crippen molar-refractivity contribution in [3.05, 3.63) is 82.8 Å². The average Bonchev–Trinajstić information content (AvgIpc) is 3.65. The van der Waals surface area contributed by atoms with Gasteiger partial charge in [0.2, 0.25) is 0 Å². The number of nitrogens with one attached hydrogen (secondary N) is 1. The van der Waals surface area contributed by atoms with Crippen LogP contribution < -0.4 is 10.2 Å². The molecule has 2 aromatic carbocycles. The first-order valence-electron chi connectivity index (χ1n) is 14.1. The number of aryl methyl sites for hydroxylation is 1. The molecule has 0 bridgehead atoms. The summed E-state index contributed by atoms with van der Waals surface area (Å²) in [4.78, 5) is 20.6. The van der Waals surface area contributed by atoms with E-state index >= 15 is 0 Å². The number of benzene rings is 2. The molecule has 0 radical (unpaired) electrons. The van der Waals surface area contributed by atoms with E-state index in [1.165, 1.54) is 0 Å². The van der Waals surface area contributed by atoms with Gasteiger partial charge >= 0.3 is 0 Å². The predicted octanol–water partition coefficient (Wildman–Crippen LogP) is 4.58. The van der Waals surface area contributed by atoms with Crippen molar-refractivity contribution < 1.29 is 9.53 Å². The van der Waals surface area contributed by atoms with Gasteiger partial charge in [-0.3, -0.25) is 9.69 Å². The zero-order valence-electron chi connectivity index (χ0n) is 23.2. The molecule has 4 heterocycles. The molecule has 206 valence electrons. The lowest BCUT2D eigenvalue weighted by Gasteiger charge is -2.32. The maximum atomic E-state index is 13.8. The maximum absolute atomic E-state index is 13.8. The number of rotatable bonds is 8. The van der Waals surface area contributed by atoms with Gasteiger partial charge in [0.25, 0.3) is 5.91 Å². The molecular formula is C32H31N7O2. The first-order valence-corrected chi connectivity index (χ1v) is 14.1. The second kappa shape index (κ2) is 10.2. The van der Waals surface area contributed by atoms with Crippen molar-refractivity contribution in [1.29, 1.82) is 5.26 Å². The lowest BCUT2D eigenvalue weighted by atomic mass is 9.96. The number of ether oxygens (including phenoxy) is 1. The SMILES string of the molecule is CC(NCc1ccc2c(c1)C(=O)N(c1cc(-c3ccc(C#N)cc3-c3nncn3C)cc(C3CC3)n1)C2)C1COC1. The molecule has 3 aliphatic rings. The van der Waals surface area contributed by atoms with E-state index in [1.54, 1.807) is 11.2 Å². The van der Waals surface area contributed by atoms with Gasteiger partial charge < -0.3 is 14.6 Å². The van der Waals surface area contributed by atoms with E-state index in [-0.39, 0.29) is 5.91 Å². The molecule has 4 aromatic rings. The van der Waals surface area contributed by atoms with Gasteiger partial charge in [-0.25, -0.2) is 4.98 Å².